The van der Waals surface area contributed by atoms with Crippen molar-refractivity contribution >= 4 is 0 Å². The van der Waals surface area contributed by atoms with Gasteiger partial charge in [-0.25, -0.2) is 0 Å². The van der Waals surface area contributed by atoms with Gasteiger partial charge >= 0.3 is 0 Å². The number of rotatable bonds is 3. The lowest BCUT2D eigenvalue weighted by molar-refractivity contribution is 0.239. The van der Waals surface area contributed by atoms with E-state index < -0.39 is 0 Å². The largest absolute Gasteiger partial charge is 0.319 e. The quantitative estimate of drug-likeness (QED) is 0.770. The van der Waals surface area contributed by atoms with Gasteiger partial charge in [0.05, 0.1) is 0 Å². The van der Waals surface area contributed by atoms with Gasteiger partial charge in [0.2, 0.25) is 0 Å². The van der Waals surface area contributed by atoms with Crippen molar-refractivity contribution in [2.75, 3.05) is 13.6 Å². The van der Waals surface area contributed by atoms with Crippen molar-refractivity contribution in [1.82, 2.24) is 5.32 Å². The van der Waals surface area contributed by atoms with Crippen LogP contribution in [0.4, 0.5) is 0 Å². The second kappa shape index (κ2) is 3.74. The Kier molecular flexibility index (Phi) is 2.60. The number of aryl methyl sites for hydroxylation is 1. The summed E-state index contributed by atoms with van der Waals surface area (Å²) in [7, 11) is 2.05. The van der Waals surface area contributed by atoms with Crippen LogP contribution in [-0.2, 0) is 5.41 Å². The molecule has 0 amide bonds. The second-order valence-corrected chi connectivity index (χ2v) is 4.53. The Balaban J connectivity index is 2.27. The van der Waals surface area contributed by atoms with Crippen LogP contribution < -0.4 is 5.32 Å². The third-order valence-corrected chi connectivity index (χ3v) is 3.46. The van der Waals surface area contributed by atoms with Crippen LogP contribution in [0.15, 0.2) is 24.3 Å². The smallest absolute Gasteiger partial charge is 0.00777 e. The number of nitrogens with one attached hydrogen (secondary N) is 1. The molecule has 1 heteroatoms. The third-order valence-electron chi connectivity index (χ3n) is 3.46. The average molecular weight is 189 g/mol. The van der Waals surface area contributed by atoms with Crippen LogP contribution in [0.2, 0.25) is 0 Å². The molecule has 0 bridgehead atoms. The van der Waals surface area contributed by atoms with E-state index in [4.69, 9.17) is 0 Å². The van der Waals surface area contributed by atoms with Crippen LogP contribution >= 0.6 is 0 Å². The van der Waals surface area contributed by atoms with Gasteiger partial charge in [-0.15, -0.1) is 0 Å². The second-order valence-electron chi connectivity index (χ2n) is 4.53. The lowest BCUT2D eigenvalue weighted by Gasteiger charge is -2.42. The first-order valence-corrected chi connectivity index (χ1v) is 5.49. The maximum absolute atomic E-state index is 3.33. The summed E-state index contributed by atoms with van der Waals surface area (Å²) in [5.41, 5.74) is 3.35. The first-order chi connectivity index (χ1) is 6.77. The van der Waals surface area contributed by atoms with Crippen molar-refractivity contribution in [2.24, 2.45) is 0 Å². The molecule has 0 spiro atoms. The summed E-state index contributed by atoms with van der Waals surface area (Å²) < 4.78 is 0. The van der Waals surface area contributed by atoms with Gasteiger partial charge in [0.25, 0.3) is 0 Å². The van der Waals surface area contributed by atoms with E-state index in [-0.39, 0.29) is 0 Å². The lowest BCUT2D eigenvalue weighted by Crippen LogP contribution is -2.42. The van der Waals surface area contributed by atoms with Crippen LogP contribution in [0.5, 0.6) is 0 Å². The predicted molar refractivity (Wildman–Crippen MR) is 60.6 cm³/mol. The summed E-state index contributed by atoms with van der Waals surface area (Å²) in [6.07, 6.45) is 4.07. The predicted octanol–water partition coefficient (Wildman–Crippen LogP) is 2.64. The molecule has 0 radical (unpaired) electrons. The van der Waals surface area contributed by atoms with E-state index in [0.717, 1.165) is 6.54 Å². The molecule has 1 fully saturated rings. The summed E-state index contributed by atoms with van der Waals surface area (Å²) in [4.78, 5) is 0. The zero-order chi connectivity index (χ0) is 10.0. The maximum Gasteiger partial charge on any atom is 0.00777 e. The maximum atomic E-state index is 3.33. The van der Waals surface area contributed by atoms with Gasteiger partial charge in [0.15, 0.2) is 0 Å². The minimum atomic E-state index is 0.445. The van der Waals surface area contributed by atoms with Crippen molar-refractivity contribution in [3.8, 4) is 0 Å². The monoisotopic (exact) mass is 189 g/mol. The highest BCUT2D eigenvalue weighted by atomic mass is 14.8. The molecule has 0 unspecified atom stereocenters. The van der Waals surface area contributed by atoms with Gasteiger partial charge in [-0.05, 0) is 32.4 Å². The molecule has 0 saturated heterocycles. The fourth-order valence-electron chi connectivity index (χ4n) is 2.48. The summed E-state index contributed by atoms with van der Waals surface area (Å²) in [6.45, 7) is 3.30. The zero-order valence-corrected chi connectivity index (χ0v) is 9.14. The van der Waals surface area contributed by atoms with Crippen molar-refractivity contribution in [1.29, 1.82) is 0 Å². The van der Waals surface area contributed by atoms with Gasteiger partial charge in [0.1, 0.15) is 0 Å². The highest BCUT2D eigenvalue weighted by Crippen LogP contribution is 2.43. The molecule has 2 rings (SSSR count). The number of hydrogen-bond acceptors (Lipinski definition) is 1. The minimum absolute atomic E-state index is 0.445. The first-order valence-electron chi connectivity index (χ1n) is 5.49. The Morgan fingerprint density at radius 1 is 1.36 bits per heavy atom. The van der Waals surface area contributed by atoms with Gasteiger partial charge in [0, 0.05) is 12.0 Å². The molecule has 1 aliphatic carbocycles. The fourth-order valence-corrected chi connectivity index (χ4v) is 2.48. The molecule has 76 valence electrons. The highest BCUT2D eigenvalue weighted by Gasteiger charge is 2.37. The van der Waals surface area contributed by atoms with E-state index >= 15 is 0 Å². The highest BCUT2D eigenvalue weighted by molar-refractivity contribution is 5.32. The Labute approximate surface area is 86.5 Å². The van der Waals surface area contributed by atoms with Gasteiger partial charge in [-0.3, -0.25) is 0 Å². The van der Waals surface area contributed by atoms with Crippen LogP contribution in [0.25, 0.3) is 0 Å². The van der Waals surface area contributed by atoms with Crippen LogP contribution in [0, 0.1) is 6.92 Å². The summed E-state index contributed by atoms with van der Waals surface area (Å²) in [5.74, 6) is 0. The standard InChI is InChI=1S/C13H19N/c1-11-5-3-6-12(9-11)13(10-14-2)7-4-8-13/h3,5-6,9,14H,4,7-8,10H2,1-2H3. The number of likely N-dealkylation sites (N-methyl/N-ethyl adjacent to an activating group) is 1. The van der Waals surface area contributed by atoms with E-state index in [1.54, 1.807) is 0 Å². The van der Waals surface area contributed by atoms with E-state index in [0.29, 0.717) is 5.41 Å². The molecule has 1 aromatic rings. The summed E-state index contributed by atoms with van der Waals surface area (Å²) in [6, 6.07) is 8.98. The molecule has 1 aromatic carbocycles. The van der Waals surface area contributed by atoms with Crippen LogP contribution in [-0.4, -0.2) is 13.6 Å². The van der Waals surface area contributed by atoms with Crippen LogP contribution in [0.1, 0.15) is 30.4 Å². The van der Waals surface area contributed by atoms with Crippen molar-refractivity contribution < 1.29 is 0 Å². The molecule has 1 nitrogen and oxygen atoms in total. The average Bonchev–Trinajstić information content (AvgIpc) is 2.11. The number of hydrogen-bond donors (Lipinski definition) is 1. The molecule has 1 N–H and O–H groups in total. The van der Waals surface area contributed by atoms with Crippen molar-refractivity contribution in [3.63, 3.8) is 0 Å². The van der Waals surface area contributed by atoms with E-state index in [1.165, 1.54) is 30.4 Å². The molecule has 1 saturated carbocycles. The van der Waals surface area contributed by atoms with Gasteiger partial charge < -0.3 is 5.32 Å². The topological polar surface area (TPSA) is 12.0 Å². The molecule has 0 aliphatic heterocycles. The Morgan fingerprint density at radius 3 is 2.64 bits per heavy atom. The lowest BCUT2D eigenvalue weighted by atomic mass is 9.64. The first kappa shape index (κ1) is 9.72. The molecule has 14 heavy (non-hydrogen) atoms. The Hall–Kier alpha value is -0.820. The van der Waals surface area contributed by atoms with E-state index in [2.05, 4.69) is 43.6 Å². The van der Waals surface area contributed by atoms with Gasteiger partial charge in [-0.2, -0.15) is 0 Å². The number of benzene rings is 1. The molecule has 0 heterocycles. The van der Waals surface area contributed by atoms with E-state index in [1.807, 2.05) is 0 Å². The molecule has 0 aromatic heterocycles. The molecule has 1 aliphatic rings. The SMILES string of the molecule is CNCC1(c2cccc(C)c2)CCC1. The zero-order valence-electron chi connectivity index (χ0n) is 9.14. The third kappa shape index (κ3) is 1.57. The molecular formula is C13H19N. The molecule has 0 atom stereocenters. The Morgan fingerprint density at radius 2 is 2.14 bits per heavy atom. The molecular weight excluding hydrogens is 170 g/mol. The van der Waals surface area contributed by atoms with Gasteiger partial charge in [-0.1, -0.05) is 36.2 Å². The van der Waals surface area contributed by atoms with Crippen LogP contribution in [0.3, 0.4) is 0 Å². The van der Waals surface area contributed by atoms with Crippen molar-refractivity contribution in [3.05, 3.63) is 35.4 Å². The van der Waals surface area contributed by atoms with Crippen molar-refractivity contribution in [2.45, 2.75) is 31.6 Å². The van der Waals surface area contributed by atoms with E-state index in [9.17, 15) is 0 Å². The fraction of sp³-hybridized carbons (Fsp3) is 0.538. The summed E-state index contributed by atoms with van der Waals surface area (Å²) >= 11 is 0. The Bertz CT molecular complexity index is 313. The normalized spacial score (nSPS) is 19.0. The minimum Gasteiger partial charge on any atom is -0.319 e. The summed E-state index contributed by atoms with van der Waals surface area (Å²) in [5, 5.41) is 3.33.